The molecule has 1 aliphatic heterocycles. The number of nitrogens with zero attached hydrogens (tertiary/aromatic N) is 1. The number of amides is 10. The number of alkyl carbamates (subject to hydrolysis) is 1. The molecule has 1 heterocycles. The van der Waals surface area contributed by atoms with Crippen LogP contribution in [-0.2, 0) is 64.0 Å². The molecule has 1 saturated heterocycles. The third kappa shape index (κ3) is 23.6. The number of nitrogens with one attached hydrogen (secondary N) is 8. The van der Waals surface area contributed by atoms with Crippen molar-refractivity contribution in [2.75, 3.05) is 77.8 Å². The third-order valence-corrected chi connectivity index (χ3v) is 11.4. The van der Waals surface area contributed by atoms with E-state index in [9.17, 15) is 53.1 Å². The number of hydrogen-bond acceptors (Lipinski definition) is 16. The molecule has 0 bridgehead atoms. The van der Waals surface area contributed by atoms with E-state index in [1.54, 1.807) is 51.5 Å². The van der Waals surface area contributed by atoms with Crippen LogP contribution in [0.2, 0.25) is 0 Å². The van der Waals surface area contributed by atoms with Crippen molar-refractivity contribution < 1.29 is 67.3 Å². The van der Waals surface area contributed by atoms with Gasteiger partial charge in [0.15, 0.2) is 0 Å². The molecular formula is C45H72N10O14S. The average Bonchev–Trinajstić information content (AvgIpc) is 3.60. The van der Waals surface area contributed by atoms with E-state index in [1.807, 2.05) is 0 Å². The van der Waals surface area contributed by atoms with Crippen molar-refractivity contribution in [1.82, 2.24) is 42.1 Å². The number of unbranched alkanes of at least 4 members (excludes halogenated alkanes) is 1. The standard InChI is InChI=1S/C45H72N10O14S/c1-28(2)23-34(53-37(58)15-14-33(50-29(3)57)40(61)47-17-8-20-68-22-21-67-4)43(64)54-35(26-56)41(62)49-25-38(59)52-32(9-6-7-16-46)42(63)51-31-12-10-30(11-13-31)27-69-45(66)48-18-19-55-39(60)24-36(70-5)44(55)65/h10-13,28,32-36,56H,6-9,14-27,46H2,1-5H3,(H,47,61)(H,48,66)(H,49,62)(H,50,57)(H,51,63)(H,52,59)(H,53,58)(H,54,64)/t32-,33-,34-,35-,36?/m0/s1. The lowest BCUT2D eigenvalue weighted by Crippen LogP contribution is -2.56. The predicted molar refractivity (Wildman–Crippen MR) is 257 cm³/mol. The molecule has 1 fully saturated rings. The maximum absolute atomic E-state index is 13.4. The van der Waals surface area contributed by atoms with Crippen LogP contribution in [-0.4, -0.2) is 171 Å². The smallest absolute Gasteiger partial charge is 0.407 e. The van der Waals surface area contributed by atoms with Crippen molar-refractivity contribution in [2.45, 2.75) is 108 Å². The SMILES string of the molecule is COCCOCCCNC(=O)[C@H](CCC(=O)N[C@@H](CC(C)C)C(=O)N[C@@H](CO)C(=O)NCC(=O)N[C@@H](CCCCN)C(=O)Nc1ccc(COC(=O)NCCN2C(=O)CC(SC)C2=O)cc1)NC(C)=O. The largest absolute Gasteiger partial charge is 0.445 e. The summed E-state index contributed by atoms with van der Waals surface area (Å²) in [6, 6.07) is 1.60. The molecule has 70 heavy (non-hydrogen) atoms. The molecule has 0 aliphatic carbocycles. The summed E-state index contributed by atoms with van der Waals surface area (Å²) in [7, 11) is 1.55. The van der Waals surface area contributed by atoms with Gasteiger partial charge in [-0.1, -0.05) is 26.0 Å². The van der Waals surface area contributed by atoms with Crippen LogP contribution in [0, 0.1) is 5.92 Å². The normalized spacial score (nSPS) is 15.0. The van der Waals surface area contributed by atoms with Gasteiger partial charge in [0.05, 0.1) is 31.6 Å². The highest BCUT2D eigenvalue weighted by Gasteiger charge is 2.37. The molecule has 1 aliphatic rings. The number of carbonyl (C=O) groups is 10. The molecule has 5 atom stereocenters. The monoisotopic (exact) mass is 1010 g/mol. The first-order valence-corrected chi connectivity index (χ1v) is 24.5. The Balaban J connectivity index is 1.90. The minimum atomic E-state index is -1.52. The molecule has 0 aromatic heterocycles. The molecule has 25 heteroatoms. The number of rotatable bonds is 34. The fraction of sp³-hybridized carbons (Fsp3) is 0.644. The highest BCUT2D eigenvalue weighted by molar-refractivity contribution is 8.00. The van der Waals surface area contributed by atoms with Crippen LogP contribution in [0.25, 0.3) is 0 Å². The maximum atomic E-state index is 13.4. The van der Waals surface area contributed by atoms with Gasteiger partial charge in [-0.05, 0) is 74.9 Å². The van der Waals surface area contributed by atoms with E-state index in [1.165, 1.54) is 18.7 Å². The Morgan fingerprint density at radius 1 is 0.786 bits per heavy atom. The molecule has 0 radical (unpaired) electrons. The second kappa shape index (κ2) is 33.6. The minimum Gasteiger partial charge on any atom is -0.445 e. The van der Waals surface area contributed by atoms with E-state index in [4.69, 9.17) is 19.9 Å². The van der Waals surface area contributed by atoms with Gasteiger partial charge in [0, 0.05) is 58.8 Å². The van der Waals surface area contributed by atoms with E-state index in [2.05, 4.69) is 42.5 Å². The zero-order chi connectivity index (χ0) is 52.0. The van der Waals surface area contributed by atoms with Gasteiger partial charge in [-0.2, -0.15) is 11.8 Å². The van der Waals surface area contributed by atoms with Gasteiger partial charge in [0.25, 0.3) is 0 Å². The van der Waals surface area contributed by atoms with E-state index < -0.39 is 90.0 Å². The zero-order valence-electron chi connectivity index (χ0n) is 40.7. The Bertz CT molecular complexity index is 1890. The number of carbonyl (C=O) groups excluding carboxylic acids is 10. The van der Waals surface area contributed by atoms with Crippen molar-refractivity contribution in [3.63, 3.8) is 0 Å². The second-order valence-electron chi connectivity index (χ2n) is 16.7. The van der Waals surface area contributed by atoms with Gasteiger partial charge in [-0.3, -0.25) is 48.1 Å². The highest BCUT2D eigenvalue weighted by atomic mass is 32.2. The summed E-state index contributed by atoms with van der Waals surface area (Å²) in [6.07, 6.45) is 2.69. The Kier molecular flexibility index (Phi) is 28.9. The topological polar surface area (TPSA) is 344 Å². The highest BCUT2D eigenvalue weighted by Crippen LogP contribution is 2.22. The number of aliphatic hydroxyl groups is 1. The van der Waals surface area contributed by atoms with Crippen LogP contribution in [0.5, 0.6) is 0 Å². The fourth-order valence-corrected chi connectivity index (χ4v) is 7.37. The quantitative estimate of drug-likeness (QED) is 0.0278. The molecule has 24 nitrogen and oxygen atoms in total. The summed E-state index contributed by atoms with van der Waals surface area (Å²) < 4.78 is 15.5. The summed E-state index contributed by atoms with van der Waals surface area (Å²) >= 11 is 1.30. The number of aliphatic hydroxyl groups excluding tert-OH is 1. The van der Waals surface area contributed by atoms with E-state index in [0.717, 1.165) is 4.90 Å². The van der Waals surface area contributed by atoms with Crippen LogP contribution >= 0.6 is 11.8 Å². The van der Waals surface area contributed by atoms with Crippen molar-refractivity contribution in [1.29, 1.82) is 0 Å². The van der Waals surface area contributed by atoms with E-state index >= 15 is 0 Å². The van der Waals surface area contributed by atoms with Gasteiger partial charge >= 0.3 is 6.09 Å². The van der Waals surface area contributed by atoms with Crippen LogP contribution in [0.4, 0.5) is 10.5 Å². The molecule has 1 aromatic carbocycles. The summed E-state index contributed by atoms with van der Waals surface area (Å²) in [6.45, 7) is 5.12. The number of benzene rings is 1. The summed E-state index contributed by atoms with van der Waals surface area (Å²) in [4.78, 5) is 128. The van der Waals surface area contributed by atoms with Gasteiger partial charge in [-0.25, -0.2) is 4.79 Å². The van der Waals surface area contributed by atoms with Crippen LogP contribution in [0.15, 0.2) is 24.3 Å². The van der Waals surface area contributed by atoms with E-state index in [0.29, 0.717) is 56.9 Å². The lowest BCUT2D eigenvalue weighted by atomic mass is 10.0. The molecule has 0 saturated carbocycles. The number of methoxy groups -OCH3 is 1. The van der Waals surface area contributed by atoms with Crippen molar-refractivity contribution >= 4 is 76.7 Å². The van der Waals surface area contributed by atoms with Crippen molar-refractivity contribution in [3.8, 4) is 0 Å². The van der Waals surface area contributed by atoms with Gasteiger partial charge < -0.3 is 67.6 Å². The molecule has 2 rings (SSSR count). The van der Waals surface area contributed by atoms with Crippen LogP contribution in [0.1, 0.15) is 77.7 Å². The third-order valence-electron chi connectivity index (χ3n) is 10.4. The van der Waals surface area contributed by atoms with Crippen molar-refractivity contribution in [2.24, 2.45) is 11.7 Å². The van der Waals surface area contributed by atoms with Crippen LogP contribution < -0.4 is 48.3 Å². The van der Waals surface area contributed by atoms with Gasteiger partial charge in [0.1, 0.15) is 30.8 Å². The first-order valence-electron chi connectivity index (χ1n) is 23.2. The lowest BCUT2D eigenvalue weighted by molar-refractivity contribution is -0.138. The number of anilines is 1. The zero-order valence-corrected chi connectivity index (χ0v) is 41.5. The average molecular weight is 1010 g/mol. The molecule has 11 N–H and O–H groups in total. The first kappa shape index (κ1) is 60.2. The molecule has 1 unspecified atom stereocenters. The lowest BCUT2D eigenvalue weighted by Gasteiger charge is -2.24. The minimum absolute atomic E-state index is 0.0208. The summed E-state index contributed by atoms with van der Waals surface area (Å²) in [5.74, 6) is -5.31. The predicted octanol–water partition coefficient (Wildman–Crippen LogP) is -1.47. The molecule has 1 aromatic rings. The Morgan fingerprint density at radius 3 is 2.10 bits per heavy atom. The first-order chi connectivity index (χ1) is 33.4. The number of hydrogen-bond donors (Lipinski definition) is 10. The Labute approximate surface area is 412 Å². The maximum Gasteiger partial charge on any atom is 0.407 e. The number of ether oxygens (including phenoxy) is 3. The fourth-order valence-electron chi connectivity index (χ4n) is 6.73. The van der Waals surface area contributed by atoms with Gasteiger partial charge in [-0.15, -0.1) is 0 Å². The Morgan fingerprint density at radius 2 is 1.47 bits per heavy atom. The van der Waals surface area contributed by atoms with Gasteiger partial charge in [0.2, 0.25) is 53.2 Å². The molecule has 10 amide bonds. The Hall–Kier alpha value is -5.89. The molecular weight excluding hydrogens is 937 g/mol. The molecule has 392 valence electrons. The molecule has 0 spiro atoms. The number of imide groups is 1. The number of likely N-dealkylation sites (tertiary alicyclic amines) is 1. The second-order valence-corrected chi connectivity index (χ2v) is 17.7. The van der Waals surface area contributed by atoms with E-state index in [-0.39, 0.29) is 76.1 Å². The number of thioether (sulfide) groups is 1. The van der Waals surface area contributed by atoms with Crippen LogP contribution in [0.3, 0.4) is 0 Å². The summed E-state index contributed by atoms with van der Waals surface area (Å²) in [5.41, 5.74) is 6.59. The summed E-state index contributed by atoms with van der Waals surface area (Å²) in [5, 5.41) is 30.0. The van der Waals surface area contributed by atoms with Crippen molar-refractivity contribution in [3.05, 3.63) is 29.8 Å². The number of nitrogens with two attached hydrogens (primary N) is 1.